The lowest BCUT2D eigenvalue weighted by atomic mass is 10.1. The van der Waals surface area contributed by atoms with Crippen LogP contribution in [0.2, 0.25) is 0 Å². The summed E-state index contributed by atoms with van der Waals surface area (Å²) in [6.07, 6.45) is 1.73. The Hall–Kier alpha value is -2.42. The van der Waals surface area contributed by atoms with E-state index in [0.29, 0.717) is 18.5 Å². The molecule has 1 aromatic rings. The third kappa shape index (κ3) is 4.40. The fourth-order valence-corrected chi connectivity index (χ4v) is 4.89. The first-order chi connectivity index (χ1) is 12.3. The summed E-state index contributed by atoms with van der Waals surface area (Å²) in [5.41, 5.74) is 5.88. The second-order valence-electron chi connectivity index (χ2n) is 6.66. The molecule has 1 aromatic carbocycles. The van der Waals surface area contributed by atoms with Crippen LogP contribution < -0.4 is 10.9 Å². The van der Waals surface area contributed by atoms with Crippen molar-refractivity contribution in [2.24, 2.45) is 5.92 Å². The van der Waals surface area contributed by atoms with Crippen molar-refractivity contribution in [2.45, 2.75) is 25.8 Å². The summed E-state index contributed by atoms with van der Waals surface area (Å²) < 4.78 is 22.8. The predicted molar refractivity (Wildman–Crippen MR) is 93.5 cm³/mol. The molecule has 26 heavy (non-hydrogen) atoms. The quantitative estimate of drug-likeness (QED) is 0.716. The summed E-state index contributed by atoms with van der Waals surface area (Å²) in [6, 6.07) is 6.78. The molecule has 8 nitrogen and oxygen atoms in total. The summed E-state index contributed by atoms with van der Waals surface area (Å²) in [6.45, 7) is 1.28. The molecule has 140 valence electrons. The SMILES string of the molecule is O=C(NNC(=O)[C@@H]1CCS(=O)(=O)C1)c1ccc(CN2CCCC2=O)cc1. The highest BCUT2D eigenvalue weighted by molar-refractivity contribution is 7.91. The topological polar surface area (TPSA) is 113 Å². The van der Waals surface area contributed by atoms with Crippen molar-refractivity contribution in [3.8, 4) is 0 Å². The second-order valence-corrected chi connectivity index (χ2v) is 8.89. The Morgan fingerprint density at radius 2 is 1.88 bits per heavy atom. The monoisotopic (exact) mass is 379 g/mol. The minimum Gasteiger partial charge on any atom is -0.338 e. The average Bonchev–Trinajstić information content (AvgIpc) is 3.18. The smallest absolute Gasteiger partial charge is 0.269 e. The minimum absolute atomic E-state index is 0.0000157. The lowest BCUT2D eigenvalue weighted by Gasteiger charge is -2.15. The van der Waals surface area contributed by atoms with Crippen LogP contribution in [-0.4, -0.2) is 49.1 Å². The third-order valence-electron chi connectivity index (χ3n) is 4.66. The maximum Gasteiger partial charge on any atom is 0.269 e. The maximum absolute atomic E-state index is 12.1. The number of nitrogens with zero attached hydrogens (tertiary/aromatic N) is 1. The molecule has 0 bridgehead atoms. The van der Waals surface area contributed by atoms with E-state index in [4.69, 9.17) is 0 Å². The van der Waals surface area contributed by atoms with Gasteiger partial charge in [-0.2, -0.15) is 0 Å². The first-order valence-electron chi connectivity index (χ1n) is 8.51. The van der Waals surface area contributed by atoms with Gasteiger partial charge in [0.15, 0.2) is 9.84 Å². The van der Waals surface area contributed by atoms with Gasteiger partial charge in [0, 0.05) is 25.1 Å². The van der Waals surface area contributed by atoms with Gasteiger partial charge in [-0.3, -0.25) is 25.2 Å². The molecule has 0 spiro atoms. The zero-order chi connectivity index (χ0) is 18.7. The highest BCUT2D eigenvalue weighted by Crippen LogP contribution is 2.18. The van der Waals surface area contributed by atoms with Crippen LogP contribution in [0.4, 0.5) is 0 Å². The molecule has 0 aromatic heterocycles. The Labute approximate surface area is 151 Å². The predicted octanol–water partition coefficient (Wildman–Crippen LogP) is 0.00470. The largest absolute Gasteiger partial charge is 0.338 e. The summed E-state index contributed by atoms with van der Waals surface area (Å²) in [7, 11) is -3.15. The van der Waals surface area contributed by atoms with E-state index in [1.54, 1.807) is 29.2 Å². The maximum atomic E-state index is 12.1. The van der Waals surface area contributed by atoms with Crippen LogP contribution in [0.15, 0.2) is 24.3 Å². The molecular formula is C17H21N3O5S. The molecule has 2 N–H and O–H groups in total. The zero-order valence-electron chi connectivity index (χ0n) is 14.2. The molecule has 9 heteroatoms. The van der Waals surface area contributed by atoms with E-state index in [9.17, 15) is 22.8 Å². The molecule has 0 unspecified atom stereocenters. The van der Waals surface area contributed by atoms with E-state index >= 15 is 0 Å². The Morgan fingerprint density at radius 1 is 1.15 bits per heavy atom. The van der Waals surface area contributed by atoms with E-state index in [1.165, 1.54) is 0 Å². The van der Waals surface area contributed by atoms with Crippen molar-refractivity contribution in [1.82, 2.24) is 15.8 Å². The lowest BCUT2D eigenvalue weighted by Crippen LogP contribution is -2.44. The summed E-state index contributed by atoms with van der Waals surface area (Å²) in [4.78, 5) is 37.4. The molecule has 3 rings (SSSR count). The van der Waals surface area contributed by atoms with Crippen molar-refractivity contribution >= 4 is 27.6 Å². The Kier molecular flexibility index (Phi) is 5.26. The molecule has 0 saturated carbocycles. The molecular weight excluding hydrogens is 358 g/mol. The van der Waals surface area contributed by atoms with Crippen molar-refractivity contribution in [3.05, 3.63) is 35.4 Å². The van der Waals surface area contributed by atoms with Gasteiger partial charge in [0.05, 0.1) is 17.4 Å². The van der Waals surface area contributed by atoms with Crippen LogP contribution in [-0.2, 0) is 26.0 Å². The van der Waals surface area contributed by atoms with E-state index in [0.717, 1.165) is 18.5 Å². The van der Waals surface area contributed by atoms with Gasteiger partial charge in [-0.1, -0.05) is 12.1 Å². The Bertz CT molecular complexity index is 819. The molecule has 3 amide bonds. The minimum atomic E-state index is -3.15. The number of nitrogens with one attached hydrogen (secondary N) is 2. The molecule has 0 aliphatic carbocycles. The van der Waals surface area contributed by atoms with Gasteiger partial charge in [-0.05, 0) is 30.5 Å². The van der Waals surface area contributed by atoms with Crippen LogP contribution in [0, 0.1) is 5.92 Å². The van der Waals surface area contributed by atoms with Crippen LogP contribution in [0.3, 0.4) is 0 Å². The molecule has 1 atom stereocenters. The van der Waals surface area contributed by atoms with Crippen molar-refractivity contribution in [1.29, 1.82) is 0 Å². The number of hydrogen-bond donors (Lipinski definition) is 2. The van der Waals surface area contributed by atoms with Gasteiger partial charge >= 0.3 is 0 Å². The number of rotatable bonds is 4. The average molecular weight is 379 g/mol. The van der Waals surface area contributed by atoms with Crippen molar-refractivity contribution in [2.75, 3.05) is 18.1 Å². The highest BCUT2D eigenvalue weighted by atomic mass is 32.2. The van der Waals surface area contributed by atoms with Gasteiger partial charge in [0.2, 0.25) is 11.8 Å². The van der Waals surface area contributed by atoms with E-state index in [2.05, 4.69) is 10.9 Å². The fraction of sp³-hybridized carbons (Fsp3) is 0.471. The van der Waals surface area contributed by atoms with Crippen LogP contribution in [0.1, 0.15) is 35.2 Å². The number of carbonyl (C=O) groups is 3. The number of amides is 3. The standard InChI is InChI=1S/C17H21N3O5S/c21-15-2-1-8-20(15)10-12-3-5-13(6-4-12)16(22)18-19-17(23)14-7-9-26(24,25)11-14/h3-6,14H,1-2,7-11H2,(H,18,22)(H,19,23)/t14-/m1/s1. The first-order valence-corrected chi connectivity index (χ1v) is 10.3. The molecule has 2 aliphatic rings. The van der Waals surface area contributed by atoms with Crippen LogP contribution >= 0.6 is 0 Å². The van der Waals surface area contributed by atoms with E-state index in [1.807, 2.05) is 0 Å². The number of hydrazine groups is 1. The zero-order valence-corrected chi connectivity index (χ0v) is 15.0. The summed E-state index contributed by atoms with van der Waals surface area (Å²) in [5.74, 6) is -1.64. The van der Waals surface area contributed by atoms with Crippen LogP contribution in [0.25, 0.3) is 0 Å². The van der Waals surface area contributed by atoms with Crippen molar-refractivity contribution < 1.29 is 22.8 Å². The number of sulfone groups is 1. The molecule has 2 fully saturated rings. The first kappa shape index (κ1) is 18.4. The highest BCUT2D eigenvalue weighted by Gasteiger charge is 2.33. The van der Waals surface area contributed by atoms with E-state index in [-0.39, 0.29) is 23.8 Å². The second kappa shape index (κ2) is 7.45. The number of likely N-dealkylation sites (tertiary alicyclic amines) is 1. The lowest BCUT2D eigenvalue weighted by molar-refractivity contribution is -0.128. The molecule has 2 aliphatic heterocycles. The summed E-state index contributed by atoms with van der Waals surface area (Å²) in [5, 5.41) is 0. The van der Waals surface area contributed by atoms with Gasteiger partial charge < -0.3 is 4.90 Å². The normalized spacial score (nSPS) is 21.6. The van der Waals surface area contributed by atoms with Crippen molar-refractivity contribution in [3.63, 3.8) is 0 Å². The van der Waals surface area contributed by atoms with Gasteiger partial charge in [0.1, 0.15) is 0 Å². The fourth-order valence-electron chi connectivity index (χ4n) is 3.15. The molecule has 2 saturated heterocycles. The molecule has 2 heterocycles. The van der Waals surface area contributed by atoms with Gasteiger partial charge in [-0.15, -0.1) is 0 Å². The van der Waals surface area contributed by atoms with Gasteiger partial charge in [0.25, 0.3) is 5.91 Å². The number of hydrogen-bond acceptors (Lipinski definition) is 5. The molecule has 0 radical (unpaired) electrons. The number of carbonyl (C=O) groups excluding carboxylic acids is 3. The third-order valence-corrected chi connectivity index (χ3v) is 6.43. The Balaban J connectivity index is 1.50. The van der Waals surface area contributed by atoms with Crippen LogP contribution in [0.5, 0.6) is 0 Å². The summed E-state index contributed by atoms with van der Waals surface area (Å²) >= 11 is 0. The number of benzene rings is 1. The van der Waals surface area contributed by atoms with Gasteiger partial charge in [-0.25, -0.2) is 8.42 Å². The van der Waals surface area contributed by atoms with E-state index < -0.39 is 27.6 Å². The Morgan fingerprint density at radius 3 is 2.46 bits per heavy atom.